The summed E-state index contributed by atoms with van der Waals surface area (Å²) >= 11 is 0. The SMILES string of the molecule is CCCCC(CN)NS(=O)(=O)c1ccc(C)c2ncccc12.Cl. The molecule has 0 saturated heterocycles. The van der Waals surface area contributed by atoms with Crippen LogP contribution in [0.15, 0.2) is 35.4 Å². The minimum atomic E-state index is -3.62. The highest BCUT2D eigenvalue weighted by Gasteiger charge is 2.21. The third-order valence-corrected chi connectivity index (χ3v) is 5.31. The van der Waals surface area contributed by atoms with Gasteiger partial charge in [0.05, 0.1) is 10.4 Å². The molecule has 0 fully saturated rings. The standard InChI is InChI=1S/C16H23N3O2S.ClH/c1-3-4-6-13(11-17)19-22(20,21)15-9-8-12(2)16-14(15)7-5-10-18-16;/h5,7-10,13,19H,3-4,6,11,17H2,1-2H3;1H. The third kappa shape index (κ3) is 4.64. The van der Waals surface area contributed by atoms with E-state index in [0.29, 0.717) is 17.4 Å². The first kappa shape index (κ1) is 19.8. The maximum atomic E-state index is 12.7. The normalized spacial score (nSPS) is 12.8. The zero-order chi connectivity index (χ0) is 16.2. The fourth-order valence-electron chi connectivity index (χ4n) is 2.48. The molecular formula is C16H24ClN3O2S. The number of sulfonamides is 1. The number of hydrogen-bond acceptors (Lipinski definition) is 4. The van der Waals surface area contributed by atoms with Crippen LogP contribution in [0.5, 0.6) is 0 Å². The van der Waals surface area contributed by atoms with Crippen LogP contribution in [-0.2, 0) is 10.0 Å². The summed E-state index contributed by atoms with van der Waals surface area (Å²) in [5.41, 5.74) is 7.36. The average Bonchev–Trinajstić information content (AvgIpc) is 2.51. The molecule has 5 nitrogen and oxygen atoms in total. The van der Waals surface area contributed by atoms with Gasteiger partial charge in [0.1, 0.15) is 0 Å². The molecular weight excluding hydrogens is 334 g/mol. The number of benzene rings is 1. The van der Waals surface area contributed by atoms with Gasteiger partial charge in [0.2, 0.25) is 10.0 Å². The van der Waals surface area contributed by atoms with Gasteiger partial charge in [0.15, 0.2) is 0 Å². The highest BCUT2D eigenvalue weighted by molar-refractivity contribution is 7.89. The van der Waals surface area contributed by atoms with E-state index in [0.717, 1.165) is 24.8 Å². The Hall–Kier alpha value is -1.21. The number of unbranched alkanes of at least 4 members (excludes halogenated alkanes) is 1. The first-order chi connectivity index (χ1) is 10.5. The van der Waals surface area contributed by atoms with E-state index < -0.39 is 10.0 Å². The van der Waals surface area contributed by atoms with Crippen molar-refractivity contribution in [3.05, 3.63) is 36.0 Å². The molecule has 2 rings (SSSR count). The van der Waals surface area contributed by atoms with Crippen molar-refractivity contribution in [1.82, 2.24) is 9.71 Å². The van der Waals surface area contributed by atoms with Crippen LogP contribution in [0.3, 0.4) is 0 Å². The Morgan fingerprint density at radius 3 is 2.70 bits per heavy atom. The van der Waals surface area contributed by atoms with Crippen LogP contribution >= 0.6 is 12.4 Å². The second-order valence-electron chi connectivity index (χ2n) is 5.48. The summed E-state index contributed by atoms with van der Waals surface area (Å²) < 4.78 is 28.1. The number of hydrogen-bond donors (Lipinski definition) is 2. The van der Waals surface area contributed by atoms with Gasteiger partial charge >= 0.3 is 0 Å². The van der Waals surface area contributed by atoms with Crippen LogP contribution < -0.4 is 10.5 Å². The number of aryl methyl sites for hydroxylation is 1. The Morgan fingerprint density at radius 2 is 2.04 bits per heavy atom. The maximum absolute atomic E-state index is 12.7. The number of pyridine rings is 1. The predicted octanol–water partition coefficient (Wildman–Crippen LogP) is 2.76. The van der Waals surface area contributed by atoms with Crippen molar-refractivity contribution in [2.24, 2.45) is 5.73 Å². The molecule has 0 aliphatic carbocycles. The summed E-state index contributed by atoms with van der Waals surface area (Å²) in [4.78, 5) is 4.55. The number of fused-ring (bicyclic) bond motifs is 1. The summed E-state index contributed by atoms with van der Waals surface area (Å²) in [5.74, 6) is 0. The molecule has 1 aromatic carbocycles. The van der Waals surface area contributed by atoms with Crippen LogP contribution in [0.2, 0.25) is 0 Å². The van der Waals surface area contributed by atoms with Crippen LogP contribution in [0.1, 0.15) is 31.7 Å². The largest absolute Gasteiger partial charge is 0.329 e. The summed E-state index contributed by atoms with van der Waals surface area (Å²) in [5, 5.41) is 0.640. The fraction of sp³-hybridized carbons (Fsp3) is 0.438. The Morgan fingerprint density at radius 1 is 1.30 bits per heavy atom. The average molecular weight is 358 g/mol. The number of rotatable bonds is 7. The molecule has 1 aromatic heterocycles. The molecule has 23 heavy (non-hydrogen) atoms. The minimum Gasteiger partial charge on any atom is -0.329 e. The Labute approximate surface area is 144 Å². The van der Waals surface area contributed by atoms with Crippen molar-refractivity contribution in [3.63, 3.8) is 0 Å². The zero-order valence-electron chi connectivity index (χ0n) is 13.5. The van der Waals surface area contributed by atoms with Gasteiger partial charge in [0, 0.05) is 24.2 Å². The molecule has 0 spiro atoms. The van der Waals surface area contributed by atoms with E-state index in [-0.39, 0.29) is 23.3 Å². The maximum Gasteiger partial charge on any atom is 0.241 e. The number of nitrogens with zero attached hydrogens (tertiary/aromatic N) is 1. The molecule has 1 heterocycles. The lowest BCUT2D eigenvalue weighted by molar-refractivity contribution is 0.517. The molecule has 128 valence electrons. The molecule has 0 radical (unpaired) electrons. The molecule has 0 aliphatic heterocycles. The lowest BCUT2D eigenvalue weighted by Crippen LogP contribution is -2.40. The minimum absolute atomic E-state index is 0. The third-order valence-electron chi connectivity index (χ3n) is 3.73. The number of halogens is 1. The highest BCUT2D eigenvalue weighted by Crippen LogP contribution is 2.24. The zero-order valence-corrected chi connectivity index (χ0v) is 15.1. The highest BCUT2D eigenvalue weighted by atomic mass is 35.5. The second-order valence-corrected chi connectivity index (χ2v) is 7.16. The predicted molar refractivity (Wildman–Crippen MR) is 96.4 cm³/mol. The van der Waals surface area contributed by atoms with Crippen LogP contribution in [-0.4, -0.2) is 26.0 Å². The molecule has 0 bridgehead atoms. The molecule has 1 unspecified atom stereocenters. The van der Waals surface area contributed by atoms with Gasteiger partial charge in [-0.25, -0.2) is 13.1 Å². The van der Waals surface area contributed by atoms with E-state index in [1.807, 2.05) is 6.92 Å². The summed E-state index contributed by atoms with van der Waals surface area (Å²) in [7, 11) is -3.62. The molecule has 0 aliphatic rings. The summed E-state index contributed by atoms with van der Waals surface area (Å²) in [6, 6.07) is 6.71. The monoisotopic (exact) mass is 357 g/mol. The lowest BCUT2D eigenvalue weighted by atomic mass is 10.1. The van der Waals surface area contributed by atoms with Gasteiger partial charge in [-0.15, -0.1) is 12.4 Å². The lowest BCUT2D eigenvalue weighted by Gasteiger charge is -2.17. The molecule has 0 amide bonds. The van der Waals surface area contributed by atoms with Gasteiger partial charge in [0.25, 0.3) is 0 Å². The Bertz CT molecular complexity index is 750. The van der Waals surface area contributed by atoms with Gasteiger partial charge in [-0.2, -0.15) is 0 Å². The molecule has 1 atom stereocenters. The van der Waals surface area contributed by atoms with Crippen LogP contribution in [0.25, 0.3) is 10.9 Å². The van der Waals surface area contributed by atoms with E-state index in [2.05, 4.69) is 16.6 Å². The Kier molecular flexibility index (Phi) is 7.41. The smallest absolute Gasteiger partial charge is 0.241 e. The first-order valence-corrected chi connectivity index (χ1v) is 9.04. The van der Waals surface area contributed by atoms with Gasteiger partial charge < -0.3 is 5.73 Å². The second kappa shape index (κ2) is 8.59. The first-order valence-electron chi connectivity index (χ1n) is 7.56. The van der Waals surface area contributed by atoms with Gasteiger partial charge in [-0.3, -0.25) is 4.98 Å². The Balaban J connectivity index is 0.00000264. The fourth-order valence-corrected chi connectivity index (χ4v) is 3.96. The summed E-state index contributed by atoms with van der Waals surface area (Å²) in [6.45, 7) is 4.28. The van der Waals surface area contributed by atoms with E-state index in [1.165, 1.54) is 0 Å². The number of aromatic nitrogens is 1. The van der Waals surface area contributed by atoms with Crippen molar-refractivity contribution in [3.8, 4) is 0 Å². The molecule has 7 heteroatoms. The van der Waals surface area contributed by atoms with Crippen molar-refractivity contribution >= 4 is 33.3 Å². The van der Waals surface area contributed by atoms with E-state index in [4.69, 9.17) is 5.73 Å². The van der Waals surface area contributed by atoms with Crippen molar-refractivity contribution in [1.29, 1.82) is 0 Å². The molecule has 3 N–H and O–H groups in total. The summed E-state index contributed by atoms with van der Waals surface area (Å²) in [6.07, 6.45) is 4.37. The molecule has 0 saturated carbocycles. The van der Waals surface area contributed by atoms with E-state index >= 15 is 0 Å². The van der Waals surface area contributed by atoms with E-state index in [9.17, 15) is 8.42 Å². The quantitative estimate of drug-likeness (QED) is 0.797. The molecule has 2 aromatic rings. The van der Waals surface area contributed by atoms with Crippen LogP contribution in [0.4, 0.5) is 0 Å². The van der Waals surface area contributed by atoms with Crippen LogP contribution in [0, 0.1) is 6.92 Å². The van der Waals surface area contributed by atoms with Gasteiger partial charge in [-0.1, -0.05) is 25.8 Å². The van der Waals surface area contributed by atoms with Gasteiger partial charge in [-0.05, 0) is 37.1 Å². The van der Waals surface area contributed by atoms with Crippen molar-refractivity contribution < 1.29 is 8.42 Å². The topological polar surface area (TPSA) is 85.1 Å². The number of nitrogens with two attached hydrogens (primary N) is 1. The van der Waals surface area contributed by atoms with E-state index in [1.54, 1.807) is 30.5 Å². The van der Waals surface area contributed by atoms with Crippen molar-refractivity contribution in [2.45, 2.75) is 44.0 Å². The number of nitrogens with one attached hydrogen (secondary N) is 1. The van der Waals surface area contributed by atoms with Crippen molar-refractivity contribution in [2.75, 3.05) is 6.54 Å².